The average Bonchev–Trinajstić information content (AvgIpc) is 2.97. The molecule has 2 aromatic rings. The van der Waals surface area contributed by atoms with Crippen LogP contribution in [-0.4, -0.2) is 59.0 Å². The second kappa shape index (κ2) is 10.8. The number of carbonyl (C=O) groups is 2. The first-order valence-corrected chi connectivity index (χ1v) is 10.8. The third kappa shape index (κ3) is 6.67. The third-order valence-electron chi connectivity index (χ3n) is 4.97. The summed E-state index contributed by atoms with van der Waals surface area (Å²) in [6.45, 7) is 10.1. The molecule has 0 bridgehead atoms. The number of esters is 1. The quantitative estimate of drug-likeness (QED) is 0.451. The van der Waals surface area contributed by atoms with E-state index in [1.54, 1.807) is 24.6 Å². The molecule has 0 spiro atoms. The molecule has 0 aliphatic heterocycles. The summed E-state index contributed by atoms with van der Waals surface area (Å²) in [7, 11) is 2.74. The highest BCUT2D eigenvalue weighted by molar-refractivity contribution is 6.11. The van der Waals surface area contributed by atoms with Crippen LogP contribution in [0.25, 0.3) is 11.0 Å². The Morgan fingerprint density at radius 1 is 1.25 bits per heavy atom. The summed E-state index contributed by atoms with van der Waals surface area (Å²) in [5.74, 6) is -0.521. The van der Waals surface area contributed by atoms with Gasteiger partial charge in [0.15, 0.2) is 5.69 Å². The van der Waals surface area contributed by atoms with Crippen molar-refractivity contribution in [2.24, 2.45) is 5.92 Å². The van der Waals surface area contributed by atoms with Gasteiger partial charge in [0.1, 0.15) is 12.3 Å². The summed E-state index contributed by atoms with van der Waals surface area (Å²) in [5, 5.41) is 16.9. The lowest BCUT2D eigenvalue weighted by Crippen LogP contribution is -2.29. The fourth-order valence-corrected chi connectivity index (χ4v) is 3.74. The van der Waals surface area contributed by atoms with Crippen LogP contribution in [0.3, 0.4) is 0 Å². The Balaban J connectivity index is 2.59. The van der Waals surface area contributed by atoms with Gasteiger partial charge in [-0.1, -0.05) is 13.8 Å². The van der Waals surface area contributed by atoms with E-state index in [1.165, 1.54) is 14.2 Å². The molecule has 3 N–H and O–H groups in total. The number of pyridine rings is 1. The molecule has 2 aromatic heterocycles. The second-order valence-electron chi connectivity index (χ2n) is 9.19. The van der Waals surface area contributed by atoms with Crippen LogP contribution in [0.15, 0.2) is 12.3 Å². The first kappa shape index (κ1) is 25.6. The monoisotopic (exact) mass is 448 g/mol. The summed E-state index contributed by atoms with van der Waals surface area (Å²) in [4.78, 5) is 29.7. The molecule has 32 heavy (non-hydrogen) atoms. The first-order chi connectivity index (χ1) is 15.0. The van der Waals surface area contributed by atoms with Crippen molar-refractivity contribution in [2.75, 3.05) is 31.5 Å². The molecule has 2 rings (SSSR count). The number of aryl methyl sites for hydroxylation is 1. The molecule has 1 atom stereocenters. The molecule has 0 aromatic carbocycles. The normalized spacial score (nSPS) is 12.8. The van der Waals surface area contributed by atoms with Crippen molar-refractivity contribution in [1.29, 1.82) is 0 Å². The van der Waals surface area contributed by atoms with E-state index in [0.29, 0.717) is 41.3 Å². The minimum Gasteiger partial charge on any atom is -0.464 e. The number of aliphatic hydroxyl groups is 1. The van der Waals surface area contributed by atoms with E-state index >= 15 is 0 Å². The molecular formula is C23H36N4O5. The fourth-order valence-electron chi connectivity index (χ4n) is 3.74. The van der Waals surface area contributed by atoms with E-state index in [0.717, 1.165) is 6.42 Å². The molecule has 0 saturated heterocycles. The maximum Gasteiger partial charge on any atom is 0.356 e. The van der Waals surface area contributed by atoms with Gasteiger partial charge in [-0.2, -0.15) is 0 Å². The Labute approximate surface area is 189 Å². The van der Waals surface area contributed by atoms with Crippen LogP contribution in [0, 0.1) is 5.92 Å². The molecule has 9 heteroatoms. The van der Waals surface area contributed by atoms with Crippen molar-refractivity contribution in [3.8, 4) is 0 Å². The van der Waals surface area contributed by atoms with Gasteiger partial charge < -0.3 is 29.8 Å². The van der Waals surface area contributed by atoms with E-state index in [9.17, 15) is 14.7 Å². The van der Waals surface area contributed by atoms with Gasteiger partial charge in [0, 0.05) is 25.1 Å². The number of ether oxygens (including phenoxy) is 2. The molecule has 9 nitrogen and oxygen atoms in total. The Hall–Kier alpha value is -2.65. The highest BCUT2D eigenvalue weighted by Gasteiger charge is 2.26. The maximum absolute atomic E-state index is 12.7. The number of aromatic nitrogens is 2. The topological polar surface area (TPSA) is 115 Å². The molecule has 0 saturated carbocycles. The van der Waals surface area contributed by atoms with Gasteiger partial charge in [-0.3, -0.25) is 4.79 Å². The van der Waals surface area contributed by atoms with E-state index in [-0.39, 0.29) is 24.2 Å². The van der Waals surface area contributed by atoms with Gasteiger partial charge in [-0.05, 0) is 45.6 Å². The molecule has 178 valence electrons. The number of anilines is 2. The Morgan fingerprint density at radius 3 is 2.50 bits per heavy atom. The summed E-state index contributed by atoms with van der Waals surface area (Å²) in [5.41, 5.74) is 1.08. The van der Waals surface area contributed by atoms with Crippen molar-refractivity contribution < 1.29 is 24.2 Å². The SMILES string of the molecule is COCC(=O)Nc1c(C(=O)OC)n(CCC(C)C)c2ncc(N[C@@H](C)CC(C)(C)O)cc12. The van der Waals surface area contributed by atoms with Crippen molar-refractivity contribution in [3.05, 3.63) is 18.0 Å². The molecule has 2 heterocycles. The van der Waals surface area contributed by atoms with Crippen LogP contribution in [0.2, 0.25) is 0 Å². The number of amides is 1. The number of hydrogen-bond acceptors (Lipinski definition) is 7. The predicted octanol–water partition coefficient (Wildman–Crippen LogP) is 3.42. The maximum atomic E-state index is 12.7. The molecule has 0 radical (unpaired) electrons. The zero-order valence-corrected chi connectivity index (χ0v) is 20.1. The molecule has 0 unspecified atom stereocenters. The minimum atomic E-state index is -0.818. The lowest BCUT2D eigenvalue weighted by molar-refractivity contribution is -0.119. The fraction of sp³-hybridized carbons (Fsp3) is 0.609. The van der Waals surface area contributed by atoms with Gasteiger partial charge in [0.2, 0.25) is 5.91 Å². The lowest BCUT2D eigenvalue weighted by atomic mass is 10.0. The van der Waals surface area contributed by atoms with Crippen LogP contribution in [0.5, 0.6) is 0 Å². The standard InChI is InChI=1S/C23H36N4O5/c1-14(2)8-9-27-20(22(29)32-7)19(26-18(28)13-31-6)17-10-16(12-24-21(17)27)25-15(3)11-23(4,5)30/h10,12,14-15,25,30H,8-9,11,13H2,1-7H3,(H,26,28)/t15-/m0/s1. The molecule has 0 aliphatic carbocycles. The minimum absolute atomic E-state index is 0.0242. The largest absolute Gasteiger partial charge is 0.464 e. The van der Waals surface area contributed by atoms with Gasteiger partial charge in [0.05, 0.1) is 30.3 Å². The van der Waals surface area contributed by atoms with Crippen molar-refractivity contribution in [1.82, 2.24) is 9.55 Å². The van der Waals surface area contributed by atoms with E-state index in [4.69, 9.17) is 9.47 Å². The number of rotatable bonds is 11. The highest BCUT2D eigenvalue weighted by Crippen LogP contribution is 2.33. The summed E-state index contributed by atoms with van der Waals surface area (Å²) in [6, 6.07) is 1.83. The number of hydrogen-bond donors (Lipinski definition) is 3. The third-order valence-corrected chi connectivity index (χ3v) is 4.97. The number of carbonyl (C=O) groups excluding carboxylic acids is 2. The first-order valence-electron chi connectivity index (χ1n) is 10.8. The molecule has 1 amide bonds. The summed E-state index contributed by atoms with van der Waals surface area (Å²) < 4.78 is 11.8. The van der Waals surface area contributed by atoms with E-state index in [1.807, 2.05) is 13.0 Å². The lowest BCUT2D eigenvalue weighted by Gasteiger charge is -2.23. The smallest absolute Gasteiger partial charge is 0.356 e. The summed E-state index contributed by atoms with van der Waals surface area (Å²) in [6.07, 6.45) is 3.05. The molecule has 0 fully saturated rings. The van der Waals surface area contributed by atoms with Gasteiger partial charge in [0.25, 0.3) is 0 Å². The van der Waals surface area contributed by atoms with Crippen LogP contribution < -0.4 is 10.6 Å². The Kier molecular flexibility index (Phi) is 8.63. The number of fused-ring (bicyclic) bond motifs is 1. The second-order valence-corrected chi connectivity index (χ2v) is 9.19. The van der Waals surface area contributed by atoms with Crippen LogP contribution in [-0.2, 0) is 20.8 Å². The summed E-state index contributed by atoms with van der Waals surface area (Å²) >= 11 is 0. The predicted molar refractivity (Wildman–Crippen MR) is 125 cm³/mol. The molecular weight excluding hydrogens is 412 g/mol. The van der Waals surface area contributed by atoms with Gasteiger partial charge >= 0.3 is 5.97 Å². The van der Waals surface area contributed by atoms with Gasteiger partial charge in [-0.25, -0.2) is 9.78 Å². The van der Waals surface area contributed by atoms with Crippen molar-refractivity contribution in [2.45, 2.75) is 65.6 Å². The average molecular weight is 449 g/mol. The van der Waals surface area contributed by atoms with Gasteiger partial charge in [-0.15, -0.1) is 0 Å². The van der Waals surface area contributed by atoms with Crippen molar-refractivity contribution >= 4 is 34.3 Å². The Bertz CT molecular complexity index is 946. The van der Waals surface area contributed by atoms with Crippen molar-refractivity contribution in [3.63, 3.8) is 0 Å². The zero-order chi connectivity index (χ0) is 24.1. The number of nitrogens with one attached hydrogen (secondary N) is 2. The van der Waals surface area contributed by atoms with Crippen LogP contribution >= 0.6 is 0 Å². The molecule has 0 aliphatic rings. The highest BCUT2D eigenvalue weighted by atomic mass is 16.5. The number of methoxy groups -OCH3 is 2. The number of nitrogens with zero attached hydrogens (tertiary/aromatic N) is 2. The van der Waals surface area contributed by atoms with Crippen LogP contribution in [0.4, 0.5) is 11.4 Å². The van der Waals surface area contributed by atoms with E-state index in [2.05, 4.69) is 29.5 Å². The Morgan fingerprint density at radius 2 is 1.94 bits per heavy atom. The van der Waals surface area contributed by atoms with E-state index < -0.39 is 11.6 Å². The zero-order valence-electron chi connectivity index (χ0n) is 20.1. The van der Waals surface area contributed by atoms with Crippen LogP contribution in [0.1, 0.15) is 57.9 Å².